The minimum absolute atomic E-state index is 0.00806. The van der Waals surface area contributed by atoms with Crippen LogP contribution < -0.4 is 5.32 Å². The summed E-state index contributed by atoms with van der Waals surface area (Å²) >= 11 is 1.64. The molecule has 106 valence electrons. The normalized spacial score (nSPS) is 19.5. The second-order valence-electron chi connectivity index (χ2n) is 4.69. The third-order valence-corrected chi connectivity index (χ3v) is 4.03. The highest BCUT2D eigenvalue weighted by molar-refractivity contribution is 7.09. The van der Waals surface area contributed by atoms with E-state index in [1.54, 1.807) is 11.3 Å². The molecule has 0 aliphatic carbocycles. The van der Waals surface area contributed by atoms with Gasteiger partial charge in [0.1, 0.15) is 0 Å². The highest BCUT2D eigenvalue weighted by Gasteiger charge is 2.22. The monoisotopic (exact) mass is 283 g/mol. The zero-order valence-corrected chi connectivity index (χ0v) is 12.3. The van der Waals surface area contributed by atoms with Crippen LogP contribution in [0.15, 0.2) is 5.38 Å². The Morgan fingerprint density at radius 2 is 2.53 bits per heavy atom. The number of morpholine rings is 1. The van der Waals surface area contributed by atoms with Gasteiger partial charge in [-0.1, -0.05) is 6.92 Å². The Balaban J connectivity index is 1.72. The zero-order chi connectivity index (χ0) is 13.7. The van der Waals surface area contributed by atoms with Gasteiger partial charge in [0.15, 0.2) is 0 Å². The lowest BCUT2D eigenvalue weighted by Gasteiger charge is -2.32. The van der Waals surface area contributed by atoms with E-state index in [4.69, 9.17) is 4.74 Å². The number of ether oxygens (including phenoxy) is 1. The molecule has 2 amide bonds. The fraction of sp³-hybridized carbons (Fsp3) is 0.692. The lowest BCUT2D eigenvalue weighted by atomic mass is 10.2. The number of aryl methyl sites for hydroxylation is 1. The van der Waals surface area contributed by atoms with E-state index >= 15 is 0 Å². The molecule has 1 unspecified atom stereocenters. The quantitative estimate of drug-likeness (QED) is 0.917. The second-order valence-corrected chi connectivity index (χ2v) is 5.75. The van der Waals surface area contributed by atoms with Gasteiger partial charge in [-0.05, 0) is 13.3 Å². The van der Waals surface area contributed by atoms with Gasteiger partial charge < -0.3 is 15.0 Å². The van der Waals surface area contributed by atoms with Crippen LogP contribution in [0.5, 0.6) is 0 Å². The number of rotatable bonds is 4. The van der Waals surface area contributed by atoms with Crippen molar-refractivity contribution in [2.24, 2.45) is 0 Å². The molecule has 0 saturated carbocycles. The van der Waals surface area contributed by atoms with E-state index in [1.807, 2.05) is 17.2 Å². The molecule has 2 rings (SSSR count). The SMILES string of the molecule is CCC1CN(C(=O)NCCc2csc(C)n2)CCO1. The molecule has 1 aromatic heterocycles. The van der Waals surface area contributed by atoms with Crippen LogP contribution in [0.2, 0.25) is 0 Å². The largest absolute Gasteiger partial charge is 0.375 e. The number of hydrogen-bond donors (Lipinski definition) is 1. The molecule has 1 aliphatic rings. The minimum atomic E-state index is 0.00806. The maximum absolute atomic E-state index is 12.0. The van der Waals surface area contributed by atoms with Crippen LogP contribution in [-0.4, -0.2) is 48.3 Å². The number of thiazole rings is 1. The van der Waals surface area contributed by atoms with Gasteiger partial charge in [-0.2, -0.15) is 0 Å². The van der Waals surface area contributed by atoms with Crippen LogP contribution in [-0.2, 0) is 11.2 Å². The highest BCUT2D eigenvalue weighted by Crippen LogP contribution is 2.09. The standard InChI is InChI=1S/C13H21N3O2S/c1-3-12-8-16(6-7-18-12)13(17)14-5-4-11-9-19-10(2)15-11/h9,12H,3-8H2,1-2H3,(H,14,17). The first-order chi connectivity index (χ1) is 9.19. The van der Waals surface area contributed by atoms with Gasteiger partial charge >= 0.3 is 6.03 Å². The van der Waals surface area contributed by atoms with Crippen molar-refractivity contribution in [3.05, 3.63) is 16.1 Å². The van der Waals surface area contributed by atoms with E-state index in [-0.39, 0.29) is 12.1 Å². The predicted molar refractivity (Wildman–Crippen MR) is 75.6 cm³/mol. The highest BCUT2D eigenvalue weighted by atomic mass is 32.1. The number of nitrogens with one attached hydrogen (secondary N) is 1. The Morgan fingerprint density at radius 1 is 1.68 bits per heavy atom. The molecule has 6 heteroatoms. The van der Waals surface area contributed by atoms with E-state index in [0.717, 1.165) is 23.5 Å². The Labute approximate surface area is 118 Å². The van der Waals surface area contributed by atoms with Crippen molar-refractivity contribution in [3.8, 4) is 0 Å². The van der Waals surface area contributed by atoms with Crippen molar-refractivity contribution in [1.82, 2.24) is 15.2 Å². The van der Waals surface area contributed by atoms with Crippen molar-refractivity contribution in [2.75, 3.05) is 26.2 Å². The lowest BCUT2D eigenvalue weighted by Crippen LogP contribution is -2.49. The Kier molecular flexibility index (Phi) is 5.15. The van der Waals surface area contributed by atoms with Crippen molar-refractivity contribution in [3.63, 3.8) is 0 Å². The van der Waals surface area contributed by atoms with E-state index in [1.165, 1.54) is 0 Å². The molecule has 0 bridgehead atoms. The van der Waals surface area contributed by atoms with E-state index in [9.17, 15) is 4.79 Å². The maximum Gasteiger partial charge on any atom is 0.317 e. The van der Waals surface area contributed by atoms with Crippen LogP contribution in [0.25, 0.3) is 0 Å². The van der Waals surface area contributed by atoms with Crippen LogP contribution in [0.3, 0.4) is 0 Å². The Bertz CT molecular complexity index is 422. The van der Waals surface area contributed by atoms with Gasteiger partial charge in [-0.3, -0.25) is 0 Å². The molecular weight excluding hydrogens is 262 g/mol. The molecule has 1 aliphatic heterocycles. The van der Waals surface area contributed by atoms with Crippen molar-refractivity contribution >= 4 is 17.4 Å². The number of urea groups is 1. The van der Waals surface area contributed by atoms with Crippen LogP contribution in [0.4, 0.5) is 4.79 Å². The lowest BCUT2D eigenvalue weighted by molar-refractivity contribution is -0.0153. The topological polar surface area (TPSA) is 54.5 Å². The predicted octanol–water partition coefficient (Wildman–Crippen LogP) is 1.81. The maximum atomic E-state index is 12.0. The molecule has 1 aromatic rings. The van der Waals surface area contributed by atoms with Gasteiger partial charge in [0.2, 0.25) is 0 Å². The van der Waals surface area contributed by atoms with Gasteiger partial charge in [0, 0.05) is 31.4 Å². The molecule has 1 atom stereocenters. The summed E-state index contributed by atoms with van der Waals surface area (Å²) in [5.41, 5.74) is 1.05. The van der Waals surface area contributed by atoms with Gasteiger partial charge in [0.05, 0.1) is 23.4 Å². The average molecular weight is 283 g/mol. The number of carbonyl (C=O) groups is 1. The fourth-order valence-corrected chi connectivity index (χ4v) is 2.73. The number of aromatic nitrogens is 1. The summed E-state index contributed by atoms with van der Waals surface area (Å²) in [6.07, 6.45) is 1.92. The van der Waals surface area contributed by atoms with Crippen molar-refractivity contribution in [1.29, 1.82) is 0 Å². The van der Waals surface area contributed by atoms with E-state index < -0.39 is 0 Å². The number of nitrogens with zero attached hydrogens (tertiary/aromatic N) is 2. The summed E-state index contributed by atoms with van der Waals surface area (Å²) in [4.78, 5) is 18.2. The van der Waals surface area contributed by atoms with E-state index in [0.29, 0.717) is 26.2 Å². The van der Waals surface area contributed by atoms with Crippen molar-refractivity contribution in [2.45, 2.75) is 32.8 Å². The summed E-state index contributed by atoms with van der Waals surface area (Å²) in [6, 6.07) is 0.00806. The molecule has 0 radical (unpaired) electrons. The van der Waals surface area contributed by atoms with Gasteiger partial charge in [-0.25, -0.2) is 9.78 Å². The first-order valence-electron chi connectivity index (χ1n) is 6.74. The third-order valence-electron chi connectivity index (χ3n) is 3.21. The Hall–Kier alpha value is -1.14. The molecule has 19 heavy (non-hydrogen) atoms. The average Bonchev–Trinajstić information content (AvgIpc) is 2.84. The third kappa shape index (κ3) is 4.18. The molecule has 0 aromatic carbocycles. The first-order valence-corrected chi connectivity index (χ1v) is 7.62. The summed E-state index contributed by atoms with van der Waals surface area (Å²) < 4.78 is 5.55. The van der Waals surface area contributed by atoms with E-state index in [2.05, 4.69) is 17.2 Å². The molecular formula is C13H21N3O2S. The molecule has 1 saturated heterocycles. The summed E-state index contributed by atoms with van der Waals surface area (Å²) in [5.74, 6) is 0. The smallest absolute Gasteiger partial charge is 0.317 e. The molecule has 0 spiro atoms. The van der Waals surface area contributed by atoms with Crippen molar-refractivity contribution < 1.29 is 9.53 Å². The first kappa shape index (κ1) is 14.3. The molecule has 1 fully saturated rings. The molecule has 5 nitrogen and oxygen atoms in total. The summed E-state index contributed by atoms with van der Waals surface area (Å²) in [7, 11) is 0. The summed E-state index contributed by atoms with van der Waals surface area (Å²) in [5, 5.41) is 6.07. The zero-order valence-electron chi connectivity index (χ0n) is 11.5. The van der Waals surface area contributed by atoms with Crippen LogP contribution in [0, 0.1) is 6.92 Å². The molecule has 2 heterocycles. The number of carbonyl (C=O) groups excluding carboxylic acids is 1. The minimum Gasteiger partial charge on any atom is -0.375 e. The van der Waals surface area contributed by atoms with Crippen LogP contribution in [0.1, 0.15) is 24.0 Å². The number of amides is 2. The Morgan fingerprint density at radius 3 is 3.21 bits per heavy atom. The number of hydrogen-bond acceptors (Lipinski definition) is 4. The molecule has 1 N–H and O–H groups in total. The van der Waals surface area contributed by atoms with Gasteiger partial charge in [0.25, 0.3) is 0 Å². The summed E-state index contributed by atoms with van der Waals surface area (Å²) in [6.45, 7) is 6.71. The van der Waals surface area contributed by atoms with Crippen LogP contribution >= 0.6 is 11.3 Å². The second kappa shape index (κ2) is 6.86. The fourth-order valence-electron chi connectivity index (χ4n) is 2.08. The van der Waals surface area contributed by atoms with Gasteiger partial charge in [-0.15, -0.1) is 11.3 Å².